The predicted molar refractivity (Wildman–Crippen MR) is 107 cm³/mol. The number of rotatable bonds is 7. The van der Waals surface area contributed by atoms with Gasteiger partial charge in [0.05, 0.1) is 6.54 Å². The molecule has 2 amide bonds. The Morgan fingerprint density at radius 3 is 2.48 bits per heavy atom. The minimum Gasteiger partial charge on any atom is -0.384 e. The smallest absolute Gasteiger partial charge is 0.251 e. The molecule has 27 heavy (non-hydrogen) atoms. The molecule has 0 aliphatic rings. The maximum absolute atomic E-state index is 12.4. The fourth-order valence-corrected chi connectivity index (χ4v) is 2.46. The van der Waals surface area contributed by atoms with Crippen molar-refractivity contribution >= 4 is 23.3 Å². The summed E-state index contributed by atoms with van der Waals surface area (Å²) in [5.74, 6) is -0.324. The minimum absolute atomic E-state index is 0.0627. The number of aryl methyl sites for hydroxylation is 1. The summed E-state index contributed by atoms with van der Waals surface area (Å²) in [6.07, 6.45) is 0. The molecule has 0 aliphatic carbocycles. The Morgan fingerprint density at radius 1 is 1.11 bits per heavy atom. The van der Waals surface area contributed by atoms with Crippen LogP contribution < -0.4 is 16.4 Å². The lowest BCUT2D eigenvalue weighted by atomic mass is 10.1. The highest BCUT2D eigenvalue weighted by Gasteiger charge is 2.11. The van der Waals surface area contributed by atoms with Crippen LogP contribution in [0.15, 0.2) is 42.5 Å². The Balaban J connectivity index is 2.15. The van der Waals surface area contributed by atoms with Crippen molar-refractivity contribution < 1.29 is 9.59 Å². The quantitative estimate of drug-likeness (QED) is 0.441. The summed E-state index contributed by atoms with van der Waals surface area (Å²) in [5.41, 5.74) is 9.16. The zero-order valence-electron chi connectivity index (χ0n) is 15.8. The lowest BCUT2D eigenvalue weighted by molar-refractivity contribution is -0.126. The van der Waals surface area contributed by atoms with Gasteiger partial charge in [-0.3, -0.25) is 15.0 Å². The molecule has 0 saturated heterocycles. The van der Waals surface area contributed by atoms with Crippen LogP contribution in [0.25, 0.3) is 0 Å². The number of nitrogens with zero attached hydrogens (tertiary/aromatic N) is 1. The third kappa shape index (κ3) is 5.57. The van der Waals surface area contributed by atoms with Crippen LogP contribution in [0.1, 0.15) is 27.0 Å². The zero-order valence-corrected chi connectivity index (χ0v) is 15.8. The average molecular weight is 367 g/mol. The van der Waals surface area contributed by atoms with Crippen LogP contribution in [0.2, 0.25) is 0 Å². The van der Waals surface area contributed by atoms with Gasteiger partial charge in [0.2, 0.25) is 5.91 Å². The zero-order chi connectivity index (χ0) is 20.0. The van der Waals surface area contributed by atoms with E-state index in [2.05, 4.69) is 10.6 Å². The summed E-state index contributed by atoms with van der Waals surface area (Å²) in [4.78, 5) is 25.7. The van der Waals surface area contributed by atoms with Gasteiger partial charge in [-0.1, -0.05) is 29.8 Å². The Bertz CT molecular complexity index is 861. The molecule has 0 bridgehead atoms. The Labute approximate surface area is 159 Å². The van der Waals surface area contributed by atoms with Crippen molar-refractivity contribution in [3.8, 4) is 0 Å². The van der Waals surface area contributed by atoms with Gasteiger partial charge < -0.3 is 21.3 Å². The molecular weight excluding hydrogens is 342 g/mol. The number of carbonyl (C=O) groups excluding carboxylic acids is 2. The number of likely N-dealkylation sites (N-methyl/N-ethyl adjacent to an activating group) is 1. The van der Waals surface area contributed by atoms with Crippen molar-refractivity contribution in [3.63, 3.8) is 0 Å². The summed E-state index contributed by atoms with van der Waals surface area (Å²) >= 11 is 0. The number of anilines is 1. The highest BCUT2D eigenvalue weighted by molar-refractivity contribution is 5.96. The highest BCUT2D eigenvalue weighted by Crippen LogP contribution is 2.18. The fourth-order valence-electron chi connectivity index (χ4n) is 2.46. The molecule has 2 aromatic carbocycles. The summed E-state index contributed by atoms with van der Waals surface area (Å²) in [6.45, 7) is 2.32. The standard InChI is InChI=1S/C20H25N5O2/c1-13-5-4-6-15(9-13)20(27)24-11-16-8-7-14(19(21)22)10-17(16)23-12-18(26)25(2)3/h4-10,23H,11-12H2,1-3H3,(H3,21,22)(H,24,27). The van der Waals surface area contributed by atoms with E-state index in [1.807, 2.05) is 25.1 Å². The molecule has 0 aliphatic heterocycles. The van der Waals surface area contributed by atoms with Crippen LogP contribution in [0, 0.1) is 12.3 Å². The van der Waals surface area contributed by atoms with Crippen molar-refractivity contribution in [3.05, 3.63) is 64.7 Å². The second-order valence-electron chi connectivity index (χ2n) is 6.48. The summed E-state index contributed by atoms with van der Waals surface area (Å²) < 4.78 is 0. The third-order valence-corrected chi connectivity index (χ3v) is 4.07. The molecular formula is C20H25N5O2. The normalized spacial score (nSPS) is 10.2. The molecule has 0 atom stereocenters. The molecule has 2 aromatic rings. The molecule has 7 nitrogen and oxygen atoms in total. The summed E-state index contributed by atoms with van der Waals surface area (Å²) in [6, 6.07) is 12.6. The number of nitrogens with one attached hydrogen (secondary N) is 3. The molecule has 0 radical (unpaired) electrons. The first kappa shape index (κ1) is 20.0. The number of hydrogen-bond donors (Lipinski definition) is 4. The van der Waals surface area contributed by atoms with Gasteiger partial charge in [0, 0.05) is 37.5 Å². The molecule has 0 heterocycles. The van der Waals surface area contributed by atoms with E-state index >= 15 is 0 Å². The average Bonchev–Trinajstić information content (AvgIpc) is 2.64. The second kappa shape index (κ2) is 8.84. The van der Waals surface area contributed by atoms with E-state index in [-0.39, 0.29) is 30.7 Å². The number of benzene rings is 2. The number of amidine groups is 1. The maximum atomic E-state index is 12.4. The molecule has 0 fully saturated rings. The molecule has 0 unspecified atom stereocenters. The Kier molecular flexibility index (Phi) is 6.54. The number of hydrogen-bond acceptors (Lipinski definition) is 4. The number of nitrogens with two attached hydrogens (primary N) is 1. The van der Waals surface area contributed by atoms with Gasteiger partial charge in [-0.2, -0.15) is 0 Å². The Morgan fingerprint density at radius 2 is 1.85 bits per heavy atom. The number of nitrogen functional groups attached to an aromatic ring is 1. The van der Waals surface area contributed by atoms with Crippen LogP contribution in [0.3, 0.4) is 0 Å². The topological polar surface area (TPSA) is 111 Å². The lowest BCUT2D eigenvalue weighted by Gasteiger charge is -2.16. The van der Waals surface area contributed by atoms with E-state index in [4.69, 9.17) is 11.1 Å². The SMILES string of the molecule is Cc1cccc(C(=O)NCc2ccc(C(=N)N)cc2NCC(=O)N(C)C)c1. The van der Waals surface area contributed by atoms with Crippen LogP contribution in [0.5, 0.6) is 0 Å². The van der Waals surface area contributed by atoms with Gasteiger partial charge in [0.1, 0.15) is 5.84 Å². The lowest BCUT2D eigenvalue weighted by Crippen LogP contribution is -2.29. The summed E-state index contributed by atoms with van der Waals surface area (Å²) in [5, 5.41) is 13.5. The van der Waals surface area contributed by atoms with E-state index < -0.39 is 0 Å². The van der Waals surface area contributed by atoms with E-state index in [9.17, 15) is 9.59 Å². The minimum atomic E-state index is -0.176. The van der Waals surface area contributed by atoms with Gasteiger partial charge in [0.25, 0.3) is 5.91 Å². The van der Waals surface area contributed by atoms with Crippen molar-refractivity contribution in [1.82, 2.24) is 10.2 Å². The molecule has 0 saturated carbocycles. The summed E-state index contributed by atoms with van der Waals surface area (Å²) in [7, 11) is 3.36. The van der Waals surface area contributed by atoms with Gasteiger partial charge in [0.15, 0.2) is 0 Å². The van der Waals surface area contributed by atoms with E-state index in [0.717, 1.165) is 11.1 Å². The van der Waals surface area contributed by atoms with Gasteiger partial charge >= 0.3 is 0 Å². The van der Waals surface area contributed by atoms with Gasteiger partial charge in [-0.25, -0.2) is 0 Å². The molecule has 2 rings (SSSR count). The molecule has 142 valence electrons. The largest absolute Gasteiger partial charge is 0.384 e. The van der Waals surface area contributed by atoms with Gasteiger partial charge in [-0.15, -0.1) is 0 Å². The first-order valence-corrected chi connectivity index (χ1v) is 8.54. The molecule has 0 aromatic heterocycles. The first-order valence-electron chi connectivity index (χ1n) is 8.54. The van der Waals surface area contributed by atoms with E-state index in [0.29, 0.717) is 16.8 Å². The maximum Gasteiger partial charge on any atom is 0.251 e. The van der Waals surface area contributed by atoms with Crippen LogP contribution in [-0.4, -0.2) is 43.2 Å². The van der Waals surface area contributed by atoms with Crippen LogP contribution >= 0.6 is 0 Å². The fraction of sp³-hybridized carbons (Fsp3) is 0.250. The van der Waals surface area contributed by atoms with Crippen LogP contribution in [-0.2, 0) is 11.3 Å². The van der Waals surface area contributed by atoms with E-state index in [1.54, 1.807) is 38.4 Å². The second-order valence-corrected chi connectivity index (χ2v) is 6.48. The molecule has 5 N–H and O–H groups in total. The van der Waals surface area contributed by atoms with E-state index in [1.165, 1.54) is 4.90 Å². The van der Waals surface area contributed by atoms with Crippen molar-refractivity contribution in [2.45, 2.75) is 13.5 Å². The van der Waals surface area contributed by atoms with Crippen molar-refractivity contribution in [1.29, 1.82) is 5.41 Å². The van der Waals surface area contributed by atoms with Gasteiger partial charge in [-0.05, 0) is 30.7 Å². The number of amides is 2. The monoisotopic (exact) mass is 367 g/mol. The molecule has 0 spiro atoms. The number of carbonyl (C=O) groups is 2. The predicted octanol–water partition coefficient (Wildman–Crippen LogP) is 1.71. The Hall–Kier alpha value is -3.35. The highest BCUT2D eigenvalue weighted by atomic mass is 16.2. The van der Waals surface area contributed by atoms with Crippen molar-refractivity contribution in [2.24, 2.45) is 5.73 Å². The third-order valence-electron chi connectivity index (χ3n) is 4.07. The molecule has 7 heteroatoms. The van der Waals surface area contributed by atoms with Crippen molar-refractivity contribution in [2.75, 3.05) is 26.0 Å². The van der Waals surface area contributed by atoms with Crippen LogP contribution in [0.4, 0.5) is 5.69 Å². The first-order chi connectivity index (χ1) is 12.8.